The molecule has 1 aliphatic rings. The van der Waals surface area contributed by atoms with Crippen LogP contribution >= 0.6 is 54.5 Å². The molecule has 1 aliphatic heterocycles. The van der Waals surface area contributed by atoms with E-state index in [-0.39, 0.29) is 5.91 Å². The molecule has 0 spiro atoms. The normalized spacial score (nSPS) is 15.6. The van der Waals surface area contributed by atoms with Gasteiger partial charge in [0.25, 0.3) is 5.91 Å². The molecule has 2 nitrogen and oxygen atoms in total. The molecule has 0 N–H and O–H groups in total. The van der Waals surface area contributed by atoms with Crippen molar-refractivity contribution in [3.63, 3.8) is 0 Å². The largest absolute Gasteiger partial charge is 0.311 e. The van der Waals surface area contributed by atoms with Gasteiger partial charge < -0.3 is 4.90 Å². The predicted molar refractivity (Wildman–Crippen MR) is 107 cm³/mol. The maximum absolute atomic E-state index is 12.5. The van der Waals surface area contributed by atoms with Gasteiger partial charge in [0.1, 0.15) is 0 Å². The zero-order valence-corrected chi connectivity index (χ0v) is 17.3. The first-order chi connectivity index (χ1) is 10.4. The van der Waals surface area contributed by atoms with Crippen molar-refractivity contribution in [1.29, 1.82) is 0 Å². The van der Waals surface area contributed by atoms with Crippen molar-refractivity contribution in [2.45, 2.75) is 6.92 Å². The molecule has 0 aliphatic carbocycles. The summed E-state index contributed by atoms with van der Waals surface area (Å²) in [6.07, 6.45) is 1.95. The Morgan fingerprint density at radius 1 is 1.14 bits per heavy atom. The van der Waals surface area contributed by atoms with Crippen LogP contribution in [0.1, 0.15) is 16.7 Å². The third kappa shape index (κ3) is 2.78. The van der Waals surface area contributed by atoms with Crippen LogP contribution in [-0.2, 0) is 4.79 Å². The number of amides is 1. The number of halogens is 3. The van der Waals surface area contributed by atoms with Crippen LogP contribution in [0.4, 0.5) is 5.69 Å². The van der Waals surface area contributed by atoms with E-state index in [1.54, 1.807) is 4.90 Å². The molecule has 0 saturated carbocycles. The van der Waals surface area contributed by atoms with Crippen molar-refractivity contribution in [2.75, 3.05) is 11.9 Å². The van der Waals surface area contributed by atoms with Crippen molar-refractivity contribution in [3.8, 4) is 0 Å². The van der Waals surface area contributed by atoms with Gasteiger partial charge in [-0.1, -0.05) is 31.9 Å². The minimum atomic E-state index is 0.0322. The Labute approximate surface area is 160 Å². The molecular weight excluding hydrogens is 521 g/mol. The number of hydrogen-bond donors (Lipinski definition) is 0. The monoisotopic (exact) mass is 531 g/mol. The maximum atomic E-state index is 12.5. The molecule has 0 aromatic heterocycles. The predicted octanol–water partition coefficient (Wildman–Crippen LogP) is 5.64. The van der Waals surface area contributed by atoms with Gasteiger partial charge in [-0.15, -0.1) is 0 Å². The van der Waals surface area contributed by atoms with Gasteiger partial charge in [-0.25, -0.2) is 0 Å². The average Bonchev–Trinajstić information content (AvgIpc) is 2.69. The molecule has 0 saturated heterocycles. The lowest BCUT2D eigenvalue weighted by Gasteiger charge is -2.08. The second kappa shape index (κ2) is 6.09. The van der Waals surface area contributed by atoms with Gasteiger partial charge in [-0.05, 0) is 77.0 Å². The number of carbonyl (C=O) groups is 1. The van der Waals surface area contributed by atoms with E-state index in [1.165, 1.54) is 0 Å². The van der Waals surface area contributed by atoms with E-state index in [9.17, 15) is 4.79 Å². The highest BCUT2D eigenvalue weighted by Gasteiger charge is 2.29. The van der Waals surface area contributed by atoms with E-state index in [1.807, 2.05) is 44.3 Å². The Bertz CT molecular complexity index is 806. The molecule has 5 heteroatoms. The van der Waals surface area contributed by atoms with Gasteiger partial charge in [0, 0.05) is 30.7 Å². The Hall–Kier alpha value is -0.660. The topological polar surface area (TPSA) is 20.3 Å². The second-order valence-corrected chi connectivity index (χ2v) is 8.15. The molecule has 0 atom stereocenters. The lowest BCUT2D eigenvalue weighted by Crippen LogP contribution is -2.20. The Balaban J connectivity index is 2.16. The fraction of sp³-hybridized carbons (Fsp3) is 0.118. The third-order valence-corrected chi connectivity index (χ3v) is 6.08. The number of carbonyl (C=O) groups excluding carboxylic acids is 1. The summed E-state index contributed by atoms with van der Waals surface area (Å²) in [4.78, 5) is 14.3. The second-order valence-electron chi connectivity index (χ2n) is 5.19. The Morgan fingerprint density at radius 3 is 2.41 bits per heavy atom. The number of fused-ring (bicyclic) bond motifs is 1. The van der Waals surface area contributed by atoms with Gasteiger partial charge in [0.15, 0.2) is 0 Å². The molecule has 1 heterocycles. The molecule has 2 aromatic rings. The van der Waals surface area contributed by atoms with Gasteiger partial charge in [0.05, 0.1) is 5.69 Å². The first-order valence-corrected chi connectivity index (χ1v) is 9.30. The minimum absolute atomic E-state index is 0.0322. The fourth-order valence-corrected chi connectivity index (χ4v) is 4.19. The van der Waals surface area contributed by atoms with Crippen molar-refractivity contribution in [2.24, 2.45) is 0 Å². The highest BCUT2D eigenvalue weighted by Crippen LogP contribution is 2.38. The summed E-state index contributed by atoms with van der Waals surface area (Å²) in [5, 5.41) is 0. The van der Waals surface area contributed by atoms with Gasteiger partial charge in [-0.2, -0.15) is 0 Å². The van der Waals surface area contributed by atoms with Crippen LogP contribution in [0, 0.1) is 10.5 Å². The van der Waals surface area contributed by atoms with Crippen molar-refractivity contribution in [1.82, 2.24) is 0 Å². The van der Waals surface area contributed by atoms with Crippen LogP contribution in [0.15, 0.2) is 39.3 Å². The number of anilines is 1. The van der Waals surface area contributed by atoms with E-state index in [4.69, 9.17) is 0 Å². The summed E-state index contributed by atoms with van der Waals surface area (Å²) >= 11 is 9.39. The molecule has 0 bridgehead atoms. The van der Waals surface area contributed by atoms with Crippen molar-refractivity contribution in [3.05, 3.63) is 59.5 Å². The number of benzene rings is 2. The highest BCUT2D eigenvalue weighted by atomic mass is 127. The van der Waals surface area contributed by atoms with Crippen LogP contribution in [0.2, 0.25) is 0 Å². The zero-order chi connectivity index (χ0) is 16.0. The maximum Gasteiger partial charge on any atom is 0.258 e. The number of hydrogen-bond acceptors (Lipinski definition) is 1. The first-order valence-electron chi connectivity index (χ1n) is 6.64. The number of nitrogens with zero attached hydrogens (tertiary/aromatic N) is 1. The van der Waals surface area contributed by atoms with Gasteiger partial charge in [-0.3, -0.25) is 4.79 Å². The molecule has 0 radical (unpaired) electrons. The van der Waals surface area contributed by atoms with E-state index >= 15 is 0 Å². The Morgan fingerprint density at radius 2 is 1.77 bits per heavy atom. The highest BCUT2D eigenvalue weighted by molar-refractivity contribution is 14.1. The Kier molecular flexibility index (Phi) is 4.49. The van der Waals surface area contributed by atoms with E-state index in [0.717, 1.165) is 40.5 Å². The van der Waals surface area contributed by atoms with Crippen molar-refractivity contribution >= 4 is 77.7 Å². The molecule has 2 aromatic carbocycles. The first kappa shape index (κ1) is 16.2. The van der Waals surface area contributed by atoms with Crippen LogP contribution in [0.5, 0.6) is 0 Å². The molecule has 22 heavy (non-hydrogen) atoms. The van der Waals surface area contributed by atoms with Crippen molar-refractivity contribution < 1.29 is 4.79 Å². The smallest absolute Gasteiger partial charge is 0.258 e. The van der Waals surface area contributed by atoms with Gasteiger partial charge >= 0.3 is 0 Å². The number of rotatable bonds is 1. The summed E-state index contributed by atoms with van der Waals surface area (Å²) in [5.41, 5.74) is 4.83. The van der Waals surface area contributed by atoms with Crippen LogP contribution in [0.25, 0.3) is 11.6 Å². The summed E-state index contributed by atoms with van der Waals surface area (Å²) in [7, 11) is 1.82. The SMILES string of the molecule is Cc1c(Br)cc(C=C2C(=O)N(C)c3ccc(I)cc32)cc1Br. The molecule has 1 amide bonds. The lowest BCUT2D eigenvalue weighted by molar-refractivity contribution is -0.112. The van der Waals surface area contributed by atoms with Crippen LogP contribution in [-0.4, -0.2) is 13.0 Å². The molecular formula is C17H12Br2INO. The standard InChI is InChI=1S/C17H12Br2INO/c1-9-14(18)6-10(7-15(9)19)5-13-12-8-11(20)3-4-16(12)21(2)17(13)22/h3-8H,1-2H3. The van der Waals surface area contributed by atoms with E-state index < -0.39 is 0 Å². The van der Waals surface area contributed by atoms with Crippen LogP contribution < -0.4 is 4.90 Å². The molecule has 0 fully saturated rings. The molecule has 112 valence electrons. The van der Waals surface area contributed by atoms with E-state index in [2.05, 4.69) is 60.5 Å². The average molecular weight is 533 g/mol. The number of likely N-dealkylation sites (N-methyl/N-ethyl adjacent to an activating group) is 1. The van der Waals surface area contributed by atoms with Gasteiger partial charge in [0.2, 0.25) is 0 Å². The third-order valence-electron chi connectivity index (χ3n) is 3.76. The minimum Gasteiger partial charge on any atom is -0.311 e. The summed E-state index contributed by atoms with van der Waals surface area (Å²) in [5.74, 6) is 0.0322. The van der Waals surface area contributed by atoms with E-state index in [0.29, 0.717) is 0 Å². The molecule has 3 rings (SSSR count). The molecule has 0 unspecified atom stereocenters. The summed E-state index contributed by atoms with van der Waals surface area (Å²) < 4.78 is 3.17. The lowest BCUT2D eigenvalue weighted by atomic mass is 10.0. The zero-order valence-electron chi connectivity index (χ0n) is 12.0. The summed E-state index contributed by atoms with van der Waals surface area (Å²) in [6, 6.07) is 10.1. The fourth-order valence-electron chi connectivity index (χ4n) is 2.48. The van der Waals surface area contributed by atoms with Crippen LogP contribution in [0.3, 0.4) is 0 Å². The quantitative estimate of drug-likeness (QED) is 0.344. The summed E-state index contributed by atoms with van der Waals surface area (Å²) in [6.45, 7) is 2.04.